The first-order valence-corrected chi connectivity index (χ1v) is 6.58. The Hall–Kier alpha value is -0.860. The summed E-state index contributed by atoms with van der Waals surface area (Å²) in [4.78, 5) is 2.17. The first kappa shape index (κ1) is 14.2. The van der Waals surface area contributed by atoms with Gasteiger partial charge >= 0.3 is 0 Å². The summed E-state index contributed by atoms with van der Waals surface area (Å²) >= 11 is 3.60. The minimum atomic E-state index is 0.256. The summed E-state index contributed by atoms with van der Waals surface area (Å²) in [5.74, 6) is 0. The van der Waals surface area contributed by atoms with Crippen LogP contribution in [-0.4, -0.2) is 27.8 Å². The molecule has 4 nitrogen and oxygen atoms in total. The number of hydrogen-bond donors (Lipinski definition) is 0. The molecule has 94 valence electrons. The second-order valence-corrected chi connectivity index (χ2v) is 5.10. The predicted octanol–water partition coefficient (Wildman–Crippen LogP) is 2.48. The molecule has 1 rings (SSSR count). The molecule has 0 amide bonds. The zero-order valence-corrected chi connectivity index (χ0v) is 12.5. The maximum absolute atomic E-state index is 8.70. The van der Waals surface area contributed by atoms with Crippen molar-refractivity contribution < 1.29 is 0 Å². The van der Waals surface area contributed by atoms with Gasteiger partial charge in [0.1, 0.15) is 0 Å². The molecule has 17 heavy (non-hydrogen) atoms. The maximum Gasteiger partial charge on any atom is 0.0767 e. The molecule has 0 bridgehead atoms. The molecule has 0 spiro atoms. The standard InChI is InChI=1S/C12H19BrN4/c1-5-10-12(13)11(17(4)15-10)8-16(3)9(2)6-7-14/h9H,5-6,8H2,1-4H3. The van der Waals surface area contributed by atoms with Crippen molar-refractivity contribution in [1.29, 1.82) is 5.26 Å². The van der Waals surface area contributed by atoms with Gasteiger partial charge in [-0.1, -0.05) is 6.92 Å². The third-order valence-electron chi connectivity index (χ3n) is 3.04. The summed E-state index contributed by atoms with van der Waals surface area (Å²) in [6.45, 7) is 4.96. The Balaban J connectivity index is 2.81. The van der Waals surface area contributed by atoms with Gasteiger partial charge < -0.3 is 0 Å². The van der Waals surface area contributed by atoms with E-state index in [1.807, 2.05) is 18.8 Å². The normalized spacial score (nSPS) is 12.8. The molecular weight excluding hydrogens is 280 g/mol. The van der Waals surface area contributed by atoms with E-state index in [-0.39, 0.29) is 6.04 Å². The van der Waals surface area contributed by atoms with Crippen LogP contribution in [0.5, 0.6) is 0 Å². The van der Waals surface area contributed by atoms with Crippen LogP contribution in [0.1, 0.15) is 31.7 Å². The van der Waals surface area contributed by atoms with Crippen molar-refractivity contribution in [1.82, 2.24) is 14.7 Å². The minimum Gasteiger partial charge on any atom is -0.297 e. The molecule has 1 atom stereocenters. The summed E-state index contributed by atoms with van der Waals surface area (Å²) in [6, 6.07) is 2.46. The van der Waals surface area contributed by atoms with Gasteiger partial charge in [-0.15, -0.1) is 0 Å². The lowest BCUT2D eigenvalue weighted by Crippen LogP contribution is -2.29. The monoisotopic (exact) mass is 298 g/mol. The van der Waals surface area contributed by atoms with Gasteiger partial charge in [-0.25, -0.2) is 0 Å². The van der Waals surface area contributed by atoms with Gasteiger partial charge in [-0.3, -0.25) is 9.58 Å². The Kier molecular flexibility index (Phi) is 5.16. The van der Waals surface area contributed by atoms with Crippen LogP contribution in [0.3, 0.4) is 0 Å². The number of halogens is 1. The molecule has 1 heterocycles. The van der Waals surface area contributed by atoms with Crippen LogP contribution in [0.2, 0.25) is 0 Å². The molecule has 0 fully saturated rings. The Labute approximate surface area is 111 Å². The lowest BCUT2D eigenvalue weighted by molar-refractivity contribution is 0.245. The van der Waals surface area contributed by atoms with E-state index in [1.54, 1.807) is 0 Å². The SMILES string of the molecule is CCc1nn(C)c(CN(C)C(C)CC#N)c1Br. The summed E-state index contributed by atoms with van der Waals surface area (Å²) in [6.07, 6.45) is 1.47. The Bertz CT molecular complexity index is 419. The van der Waals surface area contributed by atoms with Gasteiger partial charge in [0, 0.05) is 19.6 Å². The fraction of sp³-hybridized carbons (Fsp3) is 0.667. The Morgan fingerprint density at radius 1 is 1.59 bits per heavy atom. The largest absolute Gasteiger partial charge is 0.297 e. The number of aromatic nitrogens is 2. The molecule has 0 N–H and O–H groups in total. The molecule has 0 aliphatic rings. The highest BCUT2D eigenvalue weighted by Gasteiger charge is 2.16. The van der Waals surface area contributed by atoms with Crippen LogP contribution in [0.15, 0.2) is 4.47 Å². The van der Waals surface area contributed by atoms with E-state index in [0.29, 0.717) is 6.42 Å². The topological polar surface area (TPSA) is 44.9 Å². The van der Waals surface area contributed by atoms with Gasteiger partial charge in [0.25, 0.3) is 0 Å². The predicted molar refractivity (Wildman–Crippen MR) is 71.4 cm³/mol. The highest BCUT2D eigenvalue weighted by molar-refractivity contribution is 9.10. The average Bonchev–Trinajstić information content (AvgIpc) is 2.56. The van der Waals surface area contributed by atoms with E-state index in [9.17, 15) is 0 Å². The number of nitriles is 1. The quantitative estimate of drug-likeness (QED) is 0.839. The summed E-state index contributed by atoms with van der Waals surface area (Å²) in [5.41, 5.74) is 2.25. The highest BCUT2D eigenvalue weighted by Crippen LogP contribution is 2.23. The Morgan fingerprint density at radius 3 is 2.71 bits per heavy atom. The van der Waals surface area contributed by atoms with E-state index in [1.165, 1.54) is 0 Å². The Morgan fingerprint density at radius 2 is 2.24 bits per heavy atom. The minimum absolute atomic E-state index is 0.256. The van der Waals surface area contributed by atoms with Gasteiger partial charge in [0.05, 0.1) is 28.4 Å². The van der Waals surface area contributed by atoms with Gasteiger partial charge in [-0.05, 0) is 36.3 Å². The van der Waals surface area contributed by atoms with Crippen molar-refractivity contribution >= 4 is 15.9 Å². The van der Waals surface area contributed by atoms with Crippen LogP contribution in [0, 0.1) is 11.3 Å². The van der Waals surface area contributed by atoms with E-state index >= 15 is 0 Å². The molecule has 5 heteroatoms. The molecule has 0 radical (unpaired) electrons. The van der Waals surface area contributed by atoms with Crippen molar-refractivity contribution in [2.75, 3.05) is 7.05 Å². The lowest BCUT2D eigenvalue weighted by atomic mass is 10.2. The van der Waals surface area contributed by atoms with Crippen LogP contribution in [0.4, 0.5) is 0 Å². The van der Waals surface area contributed by atoms with Crippen LogP contribution < -0.4 is 0 Å². The van der Waals surface area contributed by atoms with Crippen LogP contribution >= 0.6 is 15.9 Å². The fourth-order valence-corrected chi connectivity index (χ4v) is 2.41. The van der Waals surface area contributed by atoms with Gasteiger partial charge in [-0.2, -0.15) is 10.4 Å². The maximum atomic E-state index is 8.70. The van der Waals surface area contributed by atoms with Crippen molar-refractivity contribution in [3.63, 3.8) is 0 Å². The lowest BCUT2D eigenvalue weighted by Gasteiger charge is -2.22. The van der Waals surface area contributed by atoms with Crippen molar-refractivity contribution in [2.24, 2.45) is 7.05 Å². The molecule has 1 unspecified atom stereocenters. The zero-order chi connectivity index (χ0) is 13.0. The molecule has 0 saturated heterocycles. The van der Waals surface area contributed by atoms with Crippen molar-refractivity contribution in [2.45, 2.75) is 39.3 Å². The van der Waals surface area contributed by atoms with Crippen LogP contribution in [0.25, 0.3) is 0 Å². The average molecular weight is 299 g/mol. The third kappa shape index (κ3) is 3.30. The second-order valence-electron chi connectivity index (χ2n) is 4.31. The molecule has 0 aromatic carbocycles. The number of hydrogen-bond acceptors (Lipinski definition) is 3. The zero-order valence-electron chi connectivity index (χ0n) is 10.9. The summed E-state index contributed by atoms with van der Waals surface area (Å²) in [5, 5.41) is 13.2. The second kappa shape index (κ2) is 6.18. The third-order valence-corrected chi connectivity index (χ3v) is 3.96. The van der Waals surface area contributed by atoms with Gasteiger partial charge in [0.15, 0.2) is 0 Å². The van der Waals surface area contributed by atoms with E-state index in [2.05, 4.69) is 45.8 Å². The molecular formula is C12H19BrN4. The summed E-state index contributed by atoms with van der Waals surface area (Å²) in [7, 11) is 4.00. The fourth-order valence-electron chi connectivity index (χ4n) is 1.67. The molecule has 0 saturated carbocycles. The number of aryl methyl sites for hydroxylation is 2. The van der Waals surface area contributed by atoms with Crippen molar-refractivity contribution in [3.8, 4) is 6.07 Å². The number of nitrogens with zero attached hydrogens (tertiary/aromatic N) is 4. The molecule has 0 aliphatic carbocycles. The smallest absolute Gasteiger partial charge is 0.0767 e. The first-order chi connectivity index (χ1) is 8.01. The van der Waals surface area contributed by atoms with Gasteiger partial charge in [0.2, 0.25) is 0 Å². The van der Waals surface area contributed by atoms with E-state index in [4.69, 9.17) is 5.26 Å². The summed E-state index contributed by atoms with van der Waals surface area (Å²) < 4.78 is 3.01. The molecule has 1 aromatic heterocycles. The van der Waals surface area contributed by atoms with E-state index < -0.39 is 0 Å². The number of rotatable bonds is 5. The highest BCUT2D eigenvalue weighted by atomic mass is 79.9. The molecule has 0 aliphatic heterocycles. The van der Waals surface area contributed by atoms with Crippen molar-refractivity contribution in [3.05, 3.63) is 15.9 Å². The van der Waals surface area contributed by atoms with E-state index in [0.717, 1.165) is 28.8 Å². The van der Waals surface area contributed by atoms with Crippen LogP contribution in [-0.2, 0) is 20.0 Å². The molecule has 1 aromatic rings. The first-order valence-electron chi connectivity index (χ1n) is 5.78.